The van der Waals surface area contributed by atoms with E-state index in [0.29, 0.717) is 19.5 Å². The van der Waals surface area contributed by atoms with Gasteiger partial charge in [0.05, 0.1) is 6.04 Å². The Labute approximate surface area is 160 Å². The highest BCUT2D eigenvalue weighted by Gasteiger charge is 2.26. The van der Waals surface area contributed by atoms with E-state index in [2.05, 4.69) is 17.9 Å². The summed E-state index contributed by atoms with van der Waals surface area (Å²) in [6.07, 6.45) is 0.578. The Balaban J connectivity index is 1.58. The molecule has 5 heteroatoms. The summed E-state index contributed by atoms with van der Waals surface area (Å²) in [4.78, 5) is 16.9. The zero-order valence-corrected chi connectivity index (χ0v) is 16.2. The van der Waals surface area contributed by atoms with E-state index in [1.165, 1.54) is 11.1 Å². The van der Waals surface area contributed by atoms with Crippen LogP contribution < -0.4 is 10.6 Å². The Morgan fingerprint density at radius 2 is 1.85 bits per heavy atom. The number of aryl methyl sites for hydroxylation is 2. The van der Waals surface area contributed by atoms with Crippen molar-refractivity contribution in [1.29, 1.82) is 0 Å². The van der Waals surface area contributed by atoms with Crippen molar-refractivity contribution in [3.8, 4) is 0 Å². The molecule has 2 aromatic rings. The van der Waals surface area contributed by atoms with Crippen LogP contribution >= 0.6 is 11.6 Å². The lowest BCUT2D eigenvalue weighted by atomic mass is 10.0. The standard InChI is InChI=1S/C21H26ClN3O/c1-15-4-3-5-17(12-15)13-19(23)21(26)25-10-8-24(9-11-25)20-14-18(22)7-6-16(20)2/h3-7,12,14,19H,8-11,13,23H2,1-2H3. The second-order valence-electron chi connectivity index (χ2n) is 7.04. The maximum absolute atomic E-state index is 12.7. The molecule has 26 heavy (non-hydrogen) atoms. The molecule has 4 nitrogen and oxygen atoms in total. The van der Waals surface area contributed by atoms with E-state index >= 15 is 0 Å². The van der Waals surface area contributed by atoms with E-state index in [0.717, 1.165) is 29.4 Å². The average Bonchev–Trinajstić information content (AvgIpc) is 2.63. The number of carbonyl (C=O) groups excluding carboxylic acids is 1. The molecule has 0 aliphatic carbocycles. The molecule has 1 amide bonds. The van der Waals surface area contributed by atoms with E-state index < -0.39 is 6.04 Å². The first-order chi connectivity index (χ1) is 12.4. The molecule has 0 radical (unpaired) electrons. The molecule has 1 heterocycles. The highest BCUT2D eigenvalue weighted by Crippen LogP contribution is 2.25. The van der Waals surface area contributed by atoms with Gasteiger partial charge in [-0.05, 0) is 43.5 Å². The molecule has 0 aromatic heterocycles. The highest BCUT2D eigenvalue weighted by molar-refractivity contribution is 6.30. The minimum absolute atomic E-state index is 0.0361. The topological polar surface area (TPSA) is 49.6 Å². The van der Waals surface area contributed by atoms with Gasteiger partial charge in [0.25, 0.3) is 0 Å². The molecule has 2 N–H and O–H groups in total. The average molecular weight is 372 g/mol. The Morgan fingerprint density at radius 3 is 2.54 bits per heavy atom. The second kappa shape index (κ2) is 8.11. The molecule has 1 aliphatic rings. The Bertz CT molecular complexity index is 785. The molecule has 3 rings (SSSR count). The van der Waals surface area contributed by atoms with Gasteiger partial charge >= 0.3 is 0 Å². The minimum Gasteiger partial charge on any atom is -0.368 e. The van der Waals surface area contributed by atoms with Crippen LogP contribution in [-0.2, 0) is 11.2 Å². The summed E-state index contributed by atoms with van der Waals surface area (Å²) in [5.41, 5.74) is 10.8. The van der Waals surface area contributed by atoms with Crippen molar-refractivity contribution in [2.75, 3.05) is 31.1 Å². The lowest BCUT2D eigenvalue weighted by molar-refractivity contribution is -0.132. The fourth-order valence-corrected chi connectivity index (χ4v) is 3.67. The molecule has 0 bridgehead atoms. The van der Waals surface area contributed by atoms with E-state index in [9.17, 15) is 4.79 Å². The monoisotopic (exact) mass is 371 g/mol. The molecule has 1 atom stereocenters. The van der Waals surface area contributed by atoms with Crippen molar-refractivity contribution >= 4 is 23.2 Å². The van der Waals surface area contributed by atoms with Gasteiger partial charge in [-0.3, -0.25) is 4.79 Å². The van der Waals surface area contributed by atoms with Crippen molar-refractivity contribution in [2.45, 2.75) is 26.3 Å². The van der Waals surface area contributed by atoms with Gasteiger partial charge < -0.3 is 15.5 Å². The van der Waals surface area contributed by atoms with Gasteiger partial charge in [0.1, 0.15) is 0 Å². The number of nitrogens with two attached hydrogens (primary N) is 1. The number of hydrogen-bond acceptors (Lipinski definition) is 3. The van der Waals surface area contributed by atoms with Gasteiger partial charge in [0, 0.05) is 36.9 Å². The zero-order valence-electron chi connectivity index (χ0n) is 15.4. The maximum atomic E-state index is 12.7. The third kappa shape index (κ3) is 4.37. The highest BCUT2D eigenvalue weighted by atomic mass is 35.5. The summed E-state index contributed by atoms with van der Waals surface area (Å²) < 4.78 is 0. The summed E-state index contributed by atoms with van der Waals surface area (Å²) in [6.45, 7) is 7.10. The number of halogens is 1. The molecule has 0 saturated carbocycles. The SMILES string of the molecule is Cc1cccc(CC(N)C(=O)N2CCN(c3cc(Cl)ccc3C)CC2)c1. The van der Waals surface area contributed by atoms with Gasteiger partial charge in [-0.2, -0.15) is 0 Å². The van der Waals surface area contributed by atoms with Gasteiger partial charge in [-0.15, -0.1) is 0 Å². The smallest absolute Gasteiger partial charge is 0.239 e. The first kappa shape index (κ1) is 18.7. The Hall–Kier alpha value is -2.04. The summed E-state index contributed by atoms with van der Waals surface area (Å²) in [7, 11) is 0. The van der Waals surface area contributed by atoms with Crippen LogP contribution in [0.2, 0.25) is 5.02 Å². The van der Waals surface area contributed by atoms with Crippen LogP contribution in [0.5, 0.6) is 0 Å². The number of hydrogen-bond donors (Lipinski definition) is 1. The molecular formula is C21H26ClN3O. The van der Waals surface area contributed by atoms with Crippen molar-refractivity contribution in [2.24, 2.45) is 5.73 Å². The largest absolute Gasteiger partial charge is 0.368 e. The van der Waals surface area contributed by atoms with Crippen molar-refractivity contribution in [1.82, 2.24) is 4.90 Å². The molecular weight excluding hydrogens is 346 g/mol. The predicted molar refractivity (Wildman–Crippen MR) is 108 cm³/mol. The van der Waals surface area contributed by atoms with Crippen LogP contribution in [0, 0.1) is 13.8 Å². The van der Waals surface area contributed by atoms with Gasteiger partial charge in [-0.1, -0.05) is 47.5 Å². The quantitative estimate of drug-likeness (QED) is 0.898. The second-order valence-corrected chi connectivity index (χ2v) is 7.48. The number of amides is 1. The summed E-state index contributed by atoms with van der Waals surface area (Å²) in [5, 5.41) is 0.740. The zero-order chi connectivity index (χ0) is 18.7. The first-order valence-electron chi connectivity index (χ1n) is 9.05. The normalized spacial score (nSPS) is 15.8. The number of anilines is 1. The molecule has 1 fully saturated rings. The van der Waals surface area contributed by atoms with Crippen LogP contribution in [0.4, 0.5) is 5.69 Å². The lowest BCUT2D eigenvalue weighted by Gasteiger charge is -2.37. The van der Waals surface area contributed by atoms with Crippen molar-refractivity contribution in [3.63, 3.8) is 0 Å². The van der Waals surface area contributed by atoms with Crippen LogP contribution in [-0.4, -0.2) is 43.0 Å². The molecule has 138 valence electrons. The number of benzene rings is 2. The van der Waals surface area contributed by atoms with Crippen LogP contribution in [0.15, 0.2) is 42.5 Å². The van der Waals surface area contributed by atoms with Crippen molar-refractivity contribution < 1.29 is 4.79 Å². The molecule has 2 aromatic carbocycles. The van der Waals surface area contributed by atoms with E-state index in [4.69, 9.17) is 17.3 Å². The van der Waals surface area contributed by atoms with Crippen LogP contribution in [0.3, 0.4) is 0 Å². The fourth-order valence-electron chi connectivity index (χ4n) is 3.51. The maximum Gasteiger partial charge on any atom is 0.239 e. The summed E-state index contributed by atoms with van der Waals surface area (Å²) in [5.74, 6) is 0.0361. The lowest BCUT2D eigenvalue weighted by Crippen LogP contribution is -2.53. The fraction of sp³-hybridized carbons (Fsp3) is 0.381. The third-order valence-electron chi connectivity index (χ3n) is 4.96. The predicted octanol–water partition coefficient (Wildman–Crippen LogP) is 3.18. The van der Waals surface area contributed by atoms with Crippen LogP contribution in [0.25, 0.3) is 0 Å². The summed E-state index contributed by atoms with van der Waals surface area (Å²) >= 11 is 6.14. The van der Waals surface area contributed by atoms with Crippen molar-refractivity contribution in [3.05, 3.63) is 64.2 Å². The van der Waals surface area contributed by atoms with Gasteiger partial charge in [0.2, 0.25) is 5.91 Å². The molecule has 1 aliphatic heterocycles. The molecule has 0 spiro atoms. The van der Waals surface area contributed by atoms with Gasteiger partial charge in [0.15, 0.2) is 0 Å². The van der Waals surface area contributed by atoms with Gasteiger partial charge in [-0.25, -0.2) is 0 Å². The molecule has 1 saturated heterocycles. The van der Waals surface area contributed by atoms with E-state index in [1.807, 2.05) is 48.2 Å². The van der Waals surface area contributed by atoms with E-state index in [-0.39, 0.29) is 5.91 Å². The number of carbonyl (C=O) groups is 1. The third-order valence-corrected chi connectivity index (χ3v) is 5.19. The van der Waals surface area contributed by atoms with E-state index in [1.54, 1.807) is 0 Å². The minimum atomic E-state index is -0.490. The number of rotatable bonds is 4. The van der Waals surface area contributed by atoms with Crippen LogP contribution in [0.1, 0.15) is 16.7 Å². The number of piperazine rings is 1. The summed E-state index contributed by atoms with van der Waals surface area (Å²) in [6, 6.07) is 13.6. The molecule has 1 unspecified atom stereocenters. The Kier molecular flexibility index (Phi) is 5.84. The Morgan fingerprint density at radius 1 is 1.12 bits per heavy atom. The number of nitrogens with zero attached hydrogens (tertiary/aromatic N) is 2. The first-order valence-corrected chi connectivity index (χ1v) is 9.43.